The predicted octanol–water partition coefficient (Wildman–Crippen LogP) is 5.38. The molecule has 2 aliphatic heterocycles. The van der Waals surface area contributed by atoms with E-state index in [2.05, 4.69) is 87.7 Å². The molecule has 4 nitrogen and oxygen atoms in total. The van der Waals surface area contributed by atoms with Crippen LogP contribution in [0.5, 0.6) is 0 Å². The van der Waals surface area contributed by atoms with Crippen LogP contribution in [-0.4, -0.2) is 48.2 Å². The van der Waals surface area contributed by atoms with Crippen LogP contribution in [0.15, 0.2) is 53.5 Å². The van der Waals surface area contributed by atoms with Crippen molar-refractivity contribution in [2.75, 3.05) is 19.8 Å². The molecule has 0 aromatic heterocycles. The normalized spacial score (nSPS) is 20.9. The fourth-order valence-electron chi connectivity index (χ4n) is 4.47. The second-order valence-electron chi connectivity index (χ2n) is 9.27. The van der Waals surface area contributed by atoms with Gasteiger partial charge in [-0.05, 0) is 29.2 Å². The largest absolute Gasteiger partial charge is 0.475 e. The highest BCUT2D eigenvalue weighted by Gasteiger charge is 2.38. The maximum absolute atomic E-state index is 6.34. The van der Waals surface area contributed by atoms with E-state index in [1.807, 2.05) is 0 Å². The Morgan fingerprint density at radius 3 is 2.03 bits per heavy atom. The van der Waals surface area contributed by atoms with Crippen LogP contribution in [0.3, 0.4) is 0 Å². The van der Waals surface area contributed by atoms with Crippen molar-refractivity contribution in [2.24, 2.45) is 16.8 Å². The molecule has 0 saturated carbocycles. The van der Waals surface area contributed by atoms with Gasteiger partial charge in [-0.2, -0.15) is 4.58 Å². The number of hydrogen-bond donors (Lipinski definition) is 0. The monoisotopic (exact) mass is 419 g/mol. The topological polar surface area (TPSA) is 33.8 Å². The van der Waals surface area contributed by atoms with Crippen LogP contribution >= 0.6 is 0 Å². The first-order chi connectivity index (χ1) is 15.0. The highest BCUT2D eigenvalue weighted by atomic mass is 16.5. The van der Waals surface area contributed by atoms with Gasteiger partial charge in [0.15, 0.2) is 12.6 Å². The molecule has 4 heteroatoms. The van der Waals surface area contributed by atoms with Crippen LogP contribution in [0, 0.1) is 11.8 Å². The molecule has 0 radical (unpaired) electrons. The Hall–Kier alpha value is -2.62. The first kappa shape index (κ1) is 21.6. The summed E-state index contributed by atoms with van der Waals surface area (Å²) in [6.07, 6.45) is 1.09. The van der Waals surface area contributed by atoms with E-state index in [0.29, 0.717) is 24.5 Å². The lowest BCUT2D eigenvalue weighted by atomic mass is 9.95. The highest BCUT2D eigenvalue weighted by molar-refractivity contribution is 6.05. The van der Waals surface area contributed by atoms with E-state index < -0.39 is 0 Å². The lowest BCUT2D eigenvalue weighted by molar-refractivity contribution is -0.562. The zero-order chi connectivity index (χ0) is 22.0. The Balaban J connectivity index is 1.82. The van der Waals surface area contributed by atoms with Crippen LogP contribution in [-0.2, 0) is 9.47 Å². The minimum absolute atomic E-state index is 0.220. The number of ether oxygens (including phenoxy) is 2. The molecule has 0 spiro atoms. The molecule has 2 aromatic rings. The molecular weight excluding hydrogens is 384 g/mol. The molecule has 2 aliphatic rings. The zero-order valence-electron chi connectivity index (χ0n) is 19.5. The molecule has 0 bridgehead atoms. The Bertz CT molecular complexity index is 990. The Labute approximate surface area is 186 Å². The average Bonchev–Trinajstić information content (AvgIpc) is 3.42. The molecule has 0 N–H and O–H groups in total. The van der Waals surface area contributed by atoms with Gasteiger partial charge in [-0.15, -0.1) is 0 Å². The van der Waals surface area contributed by atoms with Crippen molar-refractivity contribution in [1.82, 2.24) is 0 Å². The van der Waals surface area contributed by atoms with Crippen molar-refractivity contribution in [3.8, 4) is 11.1 Å². The molecular formula is C27H35N2O2+. The van der Waals surface area contributed by atoms with Gasteiger partial charge in [0.25, 0.3) is 0 Å². The first-order valence-electron chi connectivity index (χ1n) is 11.7. The number of aliphatic imine (C=N–C) groups is 1. The second kappa shape index (κ2) is 9.25. The van der Waals surface area contributed by atoms with E-state index in [9.17, 15) is 0 Å². The molecule has 0 fully saturated rings. The van der Waals surface area contributed by atoms with Gasteiger partial charge in [0.05, 0.1) is 11.6 Å². The molecule has 31 heavy (non-hydrogen) atoms. The maximum Gasteiger partial charge on any atom is 0.371 e. The fraction of sp³-hybridized carbons (Fsp3) is 0.481. The van der Waals surface area contributed by atoms with Gasteiger partial charge >= 0.3 is 5.90 Å². The number of hydrogen-bond acceptors (Lipinski definition) is 3. The van der Waals surface area contributed by atoms with Crippen LogP contribution in [0.25, 0.3) is 11.1 Å². The van der Waals surface area contributed by atoms with Crippen molar-refractivity contribution in [3.63, 3.8) is 0 Å². The van der Waals surface area contributed by atoms with Crippen molar-refractivity contribution < 1.29 is 14.0 Å². The van der Waals surface area contributed by atoms with Crippen LogP contribution in [0.4, 0.5) is 0 Å². The minimum atomic E-state index is 0.220. The second-order valence-corrected chi connectivity index (χ2v) is 9.27. The van der Waals surface area contributed by atoms with E-state index in [-0.39, 0.29) is 6.04 Å². The van der Waals surface area contributed by atoms with Gasteiger partial charge in [-0.3, -0.25) is 0 Å². The van der Waals surface area contributed by atoms with Gasteiger partial charge in [0.1, 0.15) is 13.2 Å². The molecule has 0 aliphatic carbocycles. The van der Waals surface area contributed by atoms with Crippen molar-refractivity contribution in [2.45, 2.75) is 53.1 Å². The third-order valence-corrected chi connectivity index (χ3v) is 6.33. The molecule has 2 heterocycles. The third kappa shape index (κ3) is 4.26. The van der Waals surface area contributed by atoms with E-state index in [0.717, 1.165) is 53.6 Å². The van der Waals surface area contributed by atoms with Gasteiger partial charge in [0, 0.05) is 17.9 Å². The fourth-order valence-corrected chi connectivity index (χ4v) is 4.47. The number of rotatable bonds is 7. The quantitative estimate of drug-likeness (QED) is 0.565. The standard InChI is InChI=1S/C27H35N2O2/c1-6-15-29-25(19(4)5)17-31-27(29)23-14-10-8-12-21(23)20-11-7-9-13-22(20)26-28-24(16-30-26)18(2)3/h7-14,18-19,24-25H,6,15-17H2,1-5H3/q+1. The van der Waals surface area contributed by atoms with Crippen molar-refractivity contribution in [1.29, 1.82) is 0 Å². The molecule has 4 rings (SSSR count). The third-order valence-electron chi connectivity index (χ3n) is 6.33. The van der Waals surface area contributed by atoms with Gasteiger partial charge in [0.2, 0.25) is 5.90 Å². The van der Waals surface area contributed by atoms with Crippen molar-refractivity contribution in [3.05, 3.63) is 59.7 Å². The summed E-state index contributed by atoms with van der Waals surface area (Å²) in [5.41, 5.74) is 4.50. The summed E-state index contributed by atoms with van der Waals surface area (Å²) >= 11 is 0. The summed E-state index contributed by atoms with van der Waals surface area (Å²) in [4.78, 5) is 4.90. The van der Waals surface area contributed by atoms with Crippen LogP contribution in [0.1, 0.15) is 52.2 Å². The SMILES string of the molecule is CCC[N+]1=C(c2ccccc2-c2ccccc2C2=NC(C(C)C)CO2)OCC1C(C)C. The predicted molar refractivity (Wildman–Crippen MR) is 127 cm³/mol. The lowest BCUT2D eigenvalue weighted by Crippen LogP contribution is -2.32. The van der Waals surface area contributed by atoms with Gasteiger partial charge in [-0.25, -0.2) is 4.99 Å². The highest BCUT2D eigenvalue weighted by Crippen LogP contribution is 2.32. The van der Waals surface area contributed by atoms with Gasteiger partial charge < -0.3 is 9.47 Å². The Kier molecular flexibility index (Phi) is 6.45. The summed E-state index contributed by atoms with van der Waals surface area (Å²) in [5, 5.41) is 0. The van der Waals surface area contributed by atoms with Crippen LogP contribution < -0.4 is 0 Å². The molecule has 2 aromatic carbocycles. The Morgan fingerprint density at radius 1 is 0.839 bits per heavy atom. The molecule has 164 valence electrons. The summed E-state index contributed by atoms with van der Waals surface area (Å²) in [6, 6.07) is 17.6. The molecule has 2 atom stereocenters. The average molecular weight is 420 g/mol. The summed E-state index contributed by atoms with van der Waals surface area (Å²) in [5.74, 6) is 2.76. The van der Waals surface area contributed by atoms with Crippen molar-refractivity contribution >= 4 is 11.8 Å². The first-order valence-corrected chi connectivity index (χ1v) is 11.7. The minimum Gasteiger partial charge on any atom is -0.475 e. The summed E-state index contributed by atoms with van der Waals surface area (Å²) in [6.45, 7) is 13.6. The molecule has 0 amide bonds. The Morgan fingerprint density at radius 2 is 1.45 bits per heavy atom. The molecule has 2 unspecified atom stereocenters. The number of nitrogens with zero attached hydrogens (tertiary/aromatic N) is 2. The summed E-state index contributed by atoms with van der Waals surface area (Å²) in [7, 11) is 0. The molecule has 0 saturated heterocycles. The van der Waals surface area contributed by atoms with E-state index in [1.54, 1.807) is 0 Å². The van der Waals surface area contributed by atoms with E-state index >= 15 is 0 Å². The maximum atomic E-state index is 6.34. The zero-order valence-corrected chi connectivity index (χ0v) is 19.5. The van der Waals surface area contributed by atoms with Crippen LogP contribution in [0.2, 0.25) is 0 Å². The van der Waals surface area contributed by atoms with E-state index in [4.69, 9.17) is 14.5 Å². The summed E-state index contributed by atoms with van der Waals surface area (Å²) < 4.78 is 14.8. The van der Waals surface area contributed by atoms with E-state index in [1.165, 1.54) is 0 Å². The smallest absolute Gasteiger partial charge is 0.371 e. The lowest BCUT2D eigenvalue weighted by Gasteiger charge is -2.13. The number of benzene rings is 2. The van der Waals surface area contributed by atoms with Gasteiger partial charge in [-0.1, -0.05) is 71.0 Å².